The predicted octanol–water partition coefficient (Wildman–Crippen LogP) is 2.58. The largest absolute Gasteiger partial charge is 0.294 e. The van der Waals surface area contributed by atoms with Gasteiger partial charge >= 0.3 is 0 Å². The van der Waals surface area contributed by atoms with Gasteiger partial charge in [-0.3, -0.25) is 4.55 Å². The molecule has 4 heteroatoms. The summed E-state index contributed by atoms with van der Waals surface area (Å²) >= 11 is 0. The normalized spacial score (nSPS) is 17.1. The lowest BCUT2D eigenvalue weighted by Gasteiger charge is -2.26. The summed E-state index contributed by atoms with van der Waals surface area (Å²) in [7, 11) is -4.08. The van der Waals surface area contributed by atoms with Crippen LogP contribution in [0.4, 0.5) is 0 Å². The Kier molecular flexibility index (Phi) is 3.04. The van der Waals surface area contributed by atoms with Crippen LogP contribution in [-0.4, -0.2) is 13.0 Å². The topological polar surface area (TPSA) is 54.4 Å². The molecule has 1 aliphatic carbocycles. The molecule has 0 saturated heterocycles. The average molecular weight is 240 g/mol. The van der Waals surface area contributed by atoms with Gasteiger partial charge in [-0.15, -0.1) is 0 Å². The minimum absolute atomic E-state index is 0.0741. The van der Waals surface area contributed by atoms with E-state index in [0.29, 0.717) is 5.92 Å². The maximum Gasteiger partial charge on any atom is 0.294 e. The third kappa shape index (κ3) is 2.44. The highest BCUT2D eigenvalue weighted by molar-refractivity contribution is 7.85. The summed E-state index contributed by atoms with van der Waals surface area (Å²) < 4.78 is 31.6. The monoisotopic (exact) mass is 240 g/mol. The van der Waals surface area contributed by atoms with E-state index in [1.54, 1.807) is 6.07 Å². The van der Waals surface area contributed by atoms with Crippen molar-refractivity contribution in [2.75, 3.05) is 0 Å². The summed E-state index contributed by atoms with van der Waals surface area (Å²) in [5, 5.41) is 0. The van der Waals surface area contributed by atoms with Gasteiger partial charge in [-0.05, 0) is 30.9 Å². The maximum absolute atomic E-state index is 11.2. The van der Waals surface area contributed by atoms with Crippen LogP contribution in [0.3, 0.4) is 0 Å². The van der Waals surface area contributed by atoms with Crippen LogP contribution < -0.4 is 0 Å². The number of aryl methyl sites for hydroxylation is 1. The number of hydrogen-bond donors (Lipinski definition) is 1. The van der Waals surface area contributed by atoms with Crippen molar-refractivity contribution in [2.24, 2.45) is 5.92 Å². The molecule has 2 rings (SSSR count). The van der Waals surface area contributed by atoms with Crippen LogP contribution in [0.1, 0.15) is 30.4 Å². The summed E-state index contributed by atoms with van der Waals surface area (Å²) in [6.45, 7) is 1.93. The first kappa shape index (κ1) is 11.6. The van der Waals surface area contributed by atoms with Gasteiger partial charge in [-0.2, -0.15) is 8.42 Å². The van der Waals surface area contributed by atoms with E-state index in [-0.39, 0.29) is 4.90 Å². The summed E-state index contributed by atoms with van der Waals surface area (Å²) in [5.74, 6) is 0.585. The molecule has 0 aromatic heterocycles. The third-order valence-corrected chi connectivity index (χ3v) is 4.18. The van der Waals surface area contributed by atoms with Crippen LogP contribution in [-0.2, 0) is 16.5 Å². The number of rotatable bonds is 3. The zero-order chi connectivity index (χ0) is 11.8. The molecule has 0 amide bonds. The van der Waals surface area contributed by atoms with Gasteiger partial charge in [0, 0.05) is 0 Å². The lowest BCUT2D eigenvalue weighted by Crippen LogP contribution is -2.15. The van der Waals surface area contributed by atoms with Crippen LogP contribution in [0.15, 0.2) is 23.1 Å². The zero-order valence-corrected chi connectivity index (χ0v) is 10.1. The molecule has 0 heterocycles. The fraction of sp³-hybridized carbons (Fsp3) is 0.500. The molecule has 1 aromatic carbocycles. The summed E-state index contributed by atoms with van der Waals surface area (Å²) in [4.78, 5) is 0.0741. The van der Waals surface area contributed by atoms with Crippen molar-refractivity contribution in [2.45, 2.75) is 37.5 Å². The van der Waals surface area contributed by atoms with E-state index in [0.717, 1.165) is 17.5 Å². The van der Waals surface area contributed by atoms with Crippen molar-refractivity contribution in [3.8, 4) is 0 Å². The molecule has 1 fully saturated rings. The Morgan fingerprint density at radius 2 is 2.06 bits per heavy atom. The van der Waals surface area contributed by atoms with Gasteiger partial charge in [0.2, 0.25) is 0 Å². The second kappa shape index (κ2) is 4.18. The molecule has 0 aliphatic heterocycles. The number of hydrogen-bond acceptors (Lipinski definition) is 2. The molecule has 1 N–H and O–H groups in total. The molecule has 1 aliphatic rings. The van der Waals surface area contributed by atoms with Gasteiger partial charge in [0.1, 0.15) is 0 Å². The smallest absolute Gasteiger partial charge is 0.282 e. The fourth-order valence-electron chi connectivity index (χ4n) is 2.13. The molecule has 88 valence electrons. The van der Waals surface area contributed by atoms with Gasteiger partial charge in [0.05, 0.1) is 4.90 Å². The van der Waals surface area contributed by atoms with E-state index < -0.39 is 10.1 Å². The van der Waals surface area contributed by atoms with E-state index in [4.69, 9.17) is 4.55 Å². The molecular weight excluding hydrogens is 224 g/mol. The second-order valence-electron chi connectivity index (χ2n) is 4.59. The predicted molar refractivity (Wildman–Crippen MR) is 62.0 cm³/mol. The molecule has 0 spiro atoms. The van der Waals surface area contributed by atoms with Gasteiger partial charge < -0.3 is 0 Å². The van der Waals surface area contributed by atoms with Crippen molar-refractivity contribution in [3.05, 3.63) is 29.3 Å². The molecule has 3 nitrogen and oxygen atoms in total. The van der Waals surface area contributed by atoms with Crippen molar-refractivity contribution < 1.29 is 13.0 Å². The Hall–Kier alpha value is -0.870. The van der Waals surface area contributed by atoms with Gasteiger partial charge in [0.15, 0.2) is 0 Å². The highest BCUT2D eigenvalue weighted by Crippen LogP contribution is 2.31. The molecule has 0 bridgehead atoms. The van der Waals surface area contributed by atoms with Crippen molar-refractivity contribution in [1.82, 2.24) is 0 Å². The van der Waals surface area contributed by atoms with Gasteiger partial charge in [0.25, 0.3) is 10.1 Å². The summed E-state index contributed by atoms with van der Waals surface area (Å²) in [6, 6.07) is 5.08. The lowest BCUT2D eigenvalue weighted by atomic mass is 9.81. The first-order chi connectivity index (χ1) is 7.47. The quantitative estimate of drug-likeness (QED) is 0.826. The van der Waals surface area contributed by atoms with Crippen LogP contribution in [0, 0.1) is 12.8 Å². The van der Waals surface area contributed by atoms with E-state index in [1.165, 1.54) is 25.3 Å². The minimum atomic E-state index is -4.08. The Morgan fingerprint density at radius 3 is 2.56 bits per heavy atom. The van der Waals surface area contributed by atoms with Crippen LogP contribution in [0.5, 0.6) is 0 Å². The van der Waals surface area contributed by atoms with Crippen LogP contribution in [0.2, 0.25) is 0 Å². The Bertz CT molecular complexity index is 487. The van der Waals surface area contributed by atoms with Gasteiger partial charge in [-0.1, -0.05) is 37.0 Å². The molecule has 1 aromatic rings. The molecule has 1 saturated carbocycles. The fourth-order valence-corrected chi connectivity index (χ4v) is 2.84. The summed E-state index contributed by atoms with van der Waals surface area (Å²) in [6.07, 6.45) is 4.33. The van der Waals surface area contributed by atoms with E-state index in [9.17, 15) is 8.42 Å². The van der Waals surface area contributed by atoms with E-state index in [2.05, 4.69) is 0 Å². The van der Waals surface area contributed by atoms with Crippen molar-refractivity contribution in [1.29, 1.82) is 0 Å². The molecule has 0 atom stereocenters. The first-order valence-electron chi connectivity index (χ1n) is 5.54. The number of benzene rings is 1. The van der Waals surface area contributed by atoms with Crippen LogP contribution >= 0.6 is 0 Å². The Balaban J connectivity index is 2.35. The summed E-state index contributed by atoms with van der Waals surface area (Å²) in [5.41, 5.74) is 1.79. The maximum atomic E-state index is 11.2. The third-order valence-electron chi connectivity index (χ3n) is 3.23. The van der Waals surface area contributed by atoms with Crippen LogP contribution in [0.25, 0.3) is 0 Å². The minimum Gasteiger partial charge on any atom is -0.282 e. The molecular formula is C12H16O3S. The Labute approximate surface area is 96.2 Å². The van der Waals surface area contributed by atoms with Gasteiger partial charge in [-0.25, -0.2) is 0 Å². The first-order valence-corrected chi connectivity index (χ1v) is 6.98. The molecule has 16 heavy (non-hydrogen) atoms. The second-order valence-corrected chi connectivity index (χ2v) is 5.98. The van der Waals surface area contributed by atoms with Crippen molar-refractivity contribution in [3.63, 3.8) is 0 Å². The molecule has 0 unspecified atom stereocenters. The van der Waals surface area contributed by atoms with E-state index >= 15 is 0 Å². The lowest BCUT2D eigenvalue weighted by molar-refractivity contribution is 0.312. The average Bonchev–Trinajstić information content (AvgIpc) is 2.09. The highest BCUT2D eigenvalue weighted by Gasteiger charge is 2.22. The molecule has 0 radical (unpaired) electrons. The SMILES string of the molecule is Cc1ccc(S(=O)(=O)O)c(CC2CCC2)c1. The van der Waals surface area contributed by atoms with E-state index in [1.807, 2.05) is 13.0 Å². The van der Waals surface area contributed by atoms with Crippen molar-refractivity contribution >= 4 is 10.1 Å². The highest BCUT2D eigenvalue weighted by atomic mass is 32.2. The Morgan fingerprint density at radius 1 is 1.38 bits per heavy atom. The standard InChI is InChI=1S/C12H16O3S/c1-9-5-6-12(16(13,14)15)11(7-9)8-10-3-2-4-10/h5-7,10H,2-4,8H2,1H3,(H,13,14,15). The zero-order valence-electron chi connectivity index (χ0n) is 9.31.